The Morgan fingerprint density at radius 3 is 2.37 bits per heavy atom. The summed E-state index contributed by atoms with van der Waals surface area (Å²) in [7, 11) is 0. The Morgan fingerprint density at radius 1 is 1.00 bits per heavy atom. The van der Waals surface area contributed by atoms with Crippen molar-refractivity contribution in [3.05, 3.63) is 87.0 Å². The number of rotatable bonds is 5. The molecule has 2 aromatic heterocycles. The molecule has 4 heterocycles. The molecule has 5 rings (SSSR count). The smallest absolute Gasteiger partial charge is 0.348 e. The minimum absolute atomic E-state index is 0.229. The fraction of sp³-hybridized carbons (Fsp3) is 0.250. The third kappa shape index (κ3) is 4.76. The third-order valence-electron chi connectivity index (χ3n) is 6.02. The molecule has 3 aromatic rings. The van der Waals surface area contributed by atoms with E-state index in [1.54, 1.807) is 23.8 Å². The van der Waals surface area contributed by atoms with Gasteiger partial charge in [-0.05, 0) is 35.4 Å². The van der Waals surface area contributed by atoms with Gasteiger partial charge in [-0.25, -0.2) is 4.98 Å². The van der Waals surface area contributed by atoms with E-state index < -0.39 is 17.6 Å². The number of pyridine rings is 1. The Labute approximate surface area is 202 Å². The summed E-state index contributed by atoms with van der Waals surface area (Å²) < 4.78 is 40.0. The van der Waals surface area contributed by atoms with Crippen molar-refractivity contribution in [2.75, 3.05) is 31.1 Å². The minimum Gasteiger partial charge on any atom is -0.348 e. The molecule has 180 valence electrons. The van der Waals surface area contributed by atoms with Crippen molar-refractivity contribution in [3.63, 3.8) is 0 Å². The molecule has 1 N–H and O–H groups in total. The Hall–Kier alpha value is -3.73. The van der Waals surface area contributed by atoms with Crippen molar-refractivity contribution in [1.29, 1.82) is 0 Å². The van der Waals surface area contributed by atoms with Gasteiger partial charge in [-0.2, -0.15) is 13.2 Å². The molecule has 7 nitrogen and oxygen atoms in total. The van der Waals surface area contributed by atoms with Crippen LogP contribution in [0.15, 0.2) is 65.4 Å². The molecule has 0 aliphatic carbocycles. The summed E-state index contributed by atoms with van der Waals surface area (Å²) in [5, 5.41) is 2.83. The first-order valence-corrected chi connectivity index (χ1v) is 11.7. The second-order valence-electron chi connectivity index (χ2n) is 8.32. The lowest BCUT2D eigenvalue weighted by molar-refractivity contribution is -0.138. The molecule has 0 unspecified atom stereocenters. The van der Waals surface area contributed by atoms with E-state index in [0.29, 0.717) is 31.0 Å². The highest BCUT2D eigenvalue weighted by Crippen LogP contribution is 2.34. The van der Waals surface area contributed by atoms with Crippen LogP contribution in [0.1, 0.15) is 31.2 Å². The van der Waals surface area contributed by atoms with Crippen LogP contribution in [0.2, 0.25) is 0 Å². The third-order valence-corrected chi connectivity index (χ3v) is 6.80. The number of alkyl halides is 3. The van der Waals surface area contributed by atoms with E-state index in [1.165, 1.54) is 40.6 Å². The van der Waals surface area contributed by atoms with Gasteiger partial charge in [0.05, 0.1) is 28.7 Å². The number of carbonyl (C=O) groups is 2. The molecule has 0 saturated heterocycles. The summed E-state index contributed by atoms with van der Waals surface area (Å²) >= 11 is 1.46. The van der Waals surface area contributed by atoms with Crippen LogP contribution in [-0.2, 0) is 12.7 Å². The fourth-order valence-corrected chi connectivity index (χ4v) is 4.81. The van der Waals surface area contributed by atoms with Crippen LogP contribution in [-0.4, -0.2) is 52.9 Å². The first-order chi connectivity index (χ1) is 16.8. The van der Waals surface area contributed by atoms with Crippen LogP contribution in [0, 0.1) is 0 Å². The Morgan fingerprint density at radius 2 is 1.74 bits per heavy atom. The Bertz CT molecular complexity index is 1270. The molecular weight excluding hydrogens is 479 g/mol. The van der Waals surface area contributed by atoms with E-state index in [4.69, 9.17) is 0 Å². The van der Waals surface area contributed by atoms with Crippen LogP contribution in [0.25, 0.3) is 0 Å². The fourth-order valence-electron chi connectivity index (χ4n) is 4.28. The second-order valence-corrected chi connectivity index (χ2v) is 9.29. The zero-order valence-corrected chi connectivity index (χ0v) is 19.2. The molecule has 0 saturated carbocycles. The van der Waals surface area contributed by atoms with Crippen molar-refractivity contribution in [3.8, 4) is 0 Å². The molecule has 0 radical (unpaired) electrons. The molecule has 2 amide bonds. The Balaban J connectivity index is 1.19. The zero-order valence-electron chi connectivity index (χ0n) is 18.4. The number of nitrogens with one attached hydrogen (secondary N) is 1. The van der Waals surface area contributed by atoms with Gasteiger partial charge in [0.2, 0.25) is 0 Å². The van der Waals surface area contributed by atoms with Crippen molar-refractivity contribution in [2.24, 2.45) is 0 Å². The van der Waals surface area contributed by atoms with Crippen molar-refractivity contribution < 1.29 is 22.8 Å². The molecule has 2 aliphatic rings. The van der Waals surface area contributed by atoms with Gasteiger partial charge in [-0.3, -0.25) is 14.6 Å². The number of aromatic nitrogens is 2. The molecule has 0 fully saturated rings. The first kappa shape index (κ1) is 23.0. The van der Waals surface area contributed by atoms with E-state index in [-0.39, 0.29) is 24.6 Å². The summed E-state index contributed by atoms with van der Waals surface area (Å²) in [5.41, 5.74) is 2.92. The van der Waals surface area contributed by atoms with E-state index in [2.05, 4.69) is 15.3 Å². The normalized spacial score (nSPS) is 15.5. The number of amides is 2. The van der Waals surface area contributed by atoms with Crippen molar-refractivity contribution in [1.82, 2.24) is 20.2 Å². The topological polar surface area (TPSA) is 78.4 Å². The summed E-state index contributed by atoms with van der Waals surface area (Å²) in [6.45, 7) is 2.04. The van der Waals surface area contributed by atoms with Crippen LogP contribution < -0.4 is 10.2 Å². The summed E-state index contributed by atoms with van der Waals surface area (Å²) in [4.78, 5) is 38.0. The van der Waals surface area contributed by atoms with Crippen LogP contribution in [0.3, 0.4) is 0 Å². The summed E-state index contributed by atoms with van der Waals surface area (Å²) in [6.07, 6.45) is -1.37. The molecule has 0 spiro atoms. The maximum atomic E-state index is 13.3. The van der Waals surface area contributed by atoms with Gasteiger partial charge in [-0.15, -0.1) is 11.3 Å². The standard InChI is InChI=1S/C24H20F3N5O2S/c25-24(26,27)20-4-2-1-3-19(20)23(34)32-12-16-10-31(11-17(16)13-32)21-6-5-15(7-29-21)22(33)30-9-18-8-28-14-35-18/h1-8,14H,9-13H2,(H,30,33). The predicted octanol–water partition coefficient (Wildman–Crippen LogP) is 3.76. The van der Waals surface area contributed by atoms with Crippen LogP contribution >= 0.6 is 11.3 Å². The van der Waals surface area contributed by atoms with Gasteiger partial charge in [0.1, 0.15) is 5.82 Å². The van der Waals surface area contributed by atoms with E-state index >= 15 is 0 Å². The van der Waals surface area contributed by atoms with Gasteiger partial charge in [-0.1, -0.05) is 12.1 Å². The zero-order chi connectivity index (χ0) is 24.6. The largest absolute Gasteiger partial charge is 0.417 e. The molecule has 0 bridgehead atoms. The molecule has 1 aromatic carbocycles. The maximum absolute atomic E-state index is 13.3. The minimum atomic E-state index is -4.59. The monoisotopic (exact) mass is 499 g/mol. The Kier molecular flexibility index (Phi) is 6.01. The maximum Gasteiger partial charge on any atom is 0.417 e. The van der Waals surface area contributed by atoms with Gasteiger partial charge in [0, 0.05) is 43.4 Å². The lowest BCUT2D eigenvalue weighted by atomic mass is 10.1. The number of hydrogen-bond donors (Lipinski definition) is 1. The number of carbonyl (C=O) groups excluding carboxylic acids is 2. The second kappa shape index (κ2) is 9.14. The molecule has 11 heteroatoms. The van der Waals surface area contributed by atoms with Gasteiger partial charge >= 0.3 is 6.18 Å². The number of halogens is 3. The van der Waals surface area contributed by atoms with Gasteiger partial charge in [0.15, 0.2) is 0 Å². The molecule has 2 aliphatic heterocycles. The van der Waals surface area contributed by atoms with Crippen molar-refractivity contribution in [2.45, 2.75) is 12.7 Å². The number of nitrogens with zero attached hydrogens (tertiary/aromatic N) is 4. The van der Waals surface area contributed by atoms with E-state index in [1.807, 2.05) is 4.90 Å². The predicted molar refractivity (Wildman–Crippen MR) is 124 cm³/mol. The average molecular weight is 500 g/mol. The summed E-state index contributed by atoms with van der Waals surface area (Å²) in [5.74, 6) is -0.155. The number of hydrogen-bond acceptors (Lipinski definition) is 6. The summed E-state index contributed by atoms with van der Waals surface area (Å²) in [6, 6.07) is 8.35. The quantitative estimate of drug-likeness (QED) is 0.541. The van der Waals surface area contributed by atoms with Crippen LogP contribution in [0.4, 0.5) is 19.0 Å². The molecule has 35 heavy (non-hydrogen) atoms. The lowest BCUT2D eigenvalue weighted by Crippen LogP contribution is -2.35. The average Bonchev–Trinajstić information content (AvgIpc) is 3.58. The highest BCUT2D eigenvalue weighted by atomic mass is 32.1. The SMILES string of the molecule is O=C(NCc1cncs1)c1ccc(N2CC3=C(CN(C(=O)c4ccccc4C(F)(F)F)C3)C2)nc1. The lowest BCUT2D eigenvalue weighted by Gasteiger charge is -2.24. The molecular formula is C24H20F3N5O2S. The number of thiazole rings is 1. The first-order valence-electron chi connectivity index (χ1n) is 10.8. The van der Waals surface area contributed by atoms with Gasteiger partial charge in [0.25, 0.3) is 11.8 Å². The highest BCUT2D eigenvalue weighted by molar-refractivity contribution is 7.09. The number of benzene rings is 1. The van der Waals surface area contributed by atoms with E-state index in [9.17, 15) is 22.8 Å². The number of anilines is 1. The van der Waals surface area contributed by atoms with Gasteiger partial charge < -0.3 is 15.1 Å². The molecule has 0 atom stereocenters. The highest BCUT2D eigenvalue weighted by Gasteiger charge is 2.38. The van der Waals surface area contributed by atoms with Crippen molar-refractivity contribution >= 4 is 29.0 Å². The van der Waals surface area contributed by atoms with Crippen LogP contribution in [0.5, 0.6) is 0 Å². The van der Waals surface area contributed by atoms with E-state index in [0.717, 1.165) is 22.1 Å².